The number of hydrogen-bond donors (Lipinski definition) is 6. The number of hydrazine groups is 1. The van der Waals surface area contributed by atoms with Crippen LogP contribution in [0.15, 0.2) is 54.6 Å². The number of hydrogen-bond acceptors (Lipinski definition) is 7. The highest BCUT2D eigenvalue weighted by Gasteiger charge is 2.27. The van der Waals surface area contributed by atoms with Crippen LogP contribution >= 0.6 is 0 Å². The number of carbonyl (C=O) groups excluding carboxylic acids is 2. The monoisotopic (exact) mass is 514 g/mol. The molecule has 0 spiro atoms. The van der Waals surface area contributed by atoms with Crippen molar-refractivity contribution in [2.75, 3.05) is 6.54 Å². The zero-order valence-electron chi connectivity index (χ0n) is 20.0. The number of guanidine groups is 1. The van der Waals surface area contributed by atoms with Crippen LogP contribution in [0.2, 0.25) is 0 Å². The number of nitrogens with zero attached hydrogens (tertiary/aromatic N) is 2. The number of carboxylic acid groups (broad SMARTS) is 1. The number of carboxylic acids is 1. The molecular weight excluding hydrogens is 484 g/mol. The van der Waals surface area contributed by atoms with Crippen LogP contribution in [-0.2, 0) is 27.2 Å². The van der Waals surface area contributed by atoms with E-state index < -0.39 is 40.9 Å². The Hall–Kier alpha value is -4.68. The van der Waals surface area contributed by atoms with Crippen molar-refractivity contribution in [3.63, 3.8) is 0 Å². The smallest absolute Gasteiger partial charge is 0.326 e. The number of rotatable bonds is 14. The van der Waals surface area contributed by atoms with E-state index in [0.29, 0.717) is 11.4 Å². The molecule has 0 aliphatic carbocycles. The minimum absolute atomic E-state index is 0.0415. The molecule has 13 nitrogen and oxygen atoms in total. The molecule has 2 amide bonds. The standard InChI is InChI=1S/C24H30N6O7/c25-24(26)29(30(36)37)14-4-7-19(23(34)35)28-22(33)20(15-17-5-2-1-3-6-17)27-21(32)13-10-16-8-11-18(31)12-9-16/h1-3,5-6,8-9,11-12,19-20,31H,4,7,10,13-15H2,(H3,25,26)(H,27,32)(H,28,33)(H,34,35)/t19-,20+/m0/s1. The SMILES string of the molecule is N=C(N)N(CCC[C@H](NC(=O)[C@@H](Cc1ccccc1)NC(=O)CCc1ccc(O)cc1)C(=O)O)[N+](=O)[O-]. The van der Waals surface area contributed by atoms with Gasteiger partial charge in [-0.05, 0) is 42.5 Å². The van der Waals surface area contributed by atoms with E-state index in [1.165, 1.54) is 12.1 Å². The van der Waals surface area contributed by atoms with Gasteiger partial charge in [0.15, 0.2) is 5.03 Å². The fraction of sp³-hybridized carbons (Fsp3) is 0.333. The largest absolute Gasteiger partial charge is 0.508 e. The highest BCUT2D eigenvalue weighted by Crippen LogP contribution is 2.12. The summed E-state index contributed by atoms with van der Waals surface area (Å²) in [7, 11) is 0. The molecule has 0 radical (unpaired) electrons. The molecule has 37 heavy (non-hydrogen) atoms. The third-order valence-corrected chi connectivity index (χ3v) is 5.46. The second-order valence-corrected chi connectivity index (χ2v) is 8.26. The molecule has 0 aliphatic heterocycles. The van der Waals surface area contributed by atoms with Crippen LogP contribution in [0.5, 0.6) is 5.75 Å². The summed E-state index contributed by atoms with van der Waals surface area (Å²) < 4.78 is 0. The molecule has 13 heteroatoms. The average molecular weight is 515 g/mol. The second kappa shape index (κ2) is 14.0. The molecular formula is C24H30N6O7. The maximum atomic E-state index is 13.0. The Bertz CT molecular complexity index is 1080. The number of phenolic OH excluding ortho intramolecular Hbond substituents is 1. The van der Waals surface area contributed by atoms with E-state index in [4.69, 9.17) is 11.1 Å². The molecule has 0 aliphatic rings. The number of phenols is 1. The van der Waals surface area contributed by atoms with Crippen LogP contribution in [0.25, 0.3) is 0 Å². The summed E-state index contributed by atoms with van der Waals surface area (Å²) in [5, 5.41) is 41.6. The van der Waals surface area contributed by atoms with E-state index in [1.807, 2.05) is 0 Å². The third kappa shape index (κ3) is 9.84. The van der Waals surface area contributed by atoms with Gasteiger partial charge in [-0.2, -0.15) is 0 Å². The van der Waals surface area contributed by atoms with Crippen molar-refractivity contribution < 1.29 is 29.6 Å². The van der Waals surface area contributed by atoms with Crippen molar-refractivity contribution in [1.82, 2.24) is 15.6 Å². The van der Waals surface area contributed by atoms with Crippen LogP contribution in [0.4, 0.5) is 0 Å². The first kappa shape index (κ1) is 28.6. The molecule has 0 saturated carbocycles. The van der Waals surface area contributed by atoms with E-state index in [-0.39, 0.29) is 38.0 Å². The average Bonchev–Trinajstić information content (AvgIpc) is 2.85. The van der Waals surface area contributed by atoms with Crippen LogP contribution in [0, 0.1) is 15.5 Å². The molecule has 2 aromatic carbocycles. The lowest BCUT2D eigenvalue weighted by Gasteiger charge is -2.22. The maximum Gasteiger partial charge on any atom is 0.326 e. The van der Waals surface area contributed by atoms with Gasteiger partial charge in [0.05, 0.1) is 6.54 Å². The first-order valence-electron chi connectivity index (χ1n) is 11.5. The summed E-state index contributed by atoms with van der Waals surface area (Å²) in [5.74, 6) is -3.17. The predicted octanol–water partition coefficient (Wildman–Crippen LogP) is 0.789. The quantitative estimate of drug-likeness (QED) is 0.0908. The lowest BCUT2D eigenvalue weighted by atomic mass is 10.0. The van der Waals surface area contributed by atoms with Crippen LogP contribution < -0.4 is 16.4 Å². The molecule has 7 N–H and O–H groups in total. The lowest BCUT2D eigenvalue weighted by molar-refractivity contribution is -0.629. The van der Waals surface area contributed by atoms with Gasteiger partial charge in [-0.3, -0.25) is 15.0 Å². The summed E-state index contributed by atoms with van der Waals surface area (Å²) in [6.45, 7) is -0.316. The van der Waals surface area contributed by atoms with Crippen LogP contribution in [0.3, 0.4) is 0 Å². The third-order valence-electron chi connectivity index (χ3n) is 5.46. The molecule has 0 aromatic heterocycles. The molecule has 2 atom stereocenters. The number of nitro groups is 1. The number of aryl methyl sites for hydroxylation is 1. The summed E-state index contributed by atoms with van der Waals surface area (Å²) in [5.41, 5.74) is 6.72. The summed E-state index contributed by atoms with van der Waals surface area (Å²) in [4.78, 5) is 48.3. The number of nitrogens with one attached hydrogen (secondary N) is 3. The summed E-state index contributed by atoms with van der Waals surface area (Å²) >= 11 is 0. The number of amides is 2. The van der Waals surface area contributed by atoms with Crippen LogP contribution in [-0.4, -0.2) is 62.6 Å². The maximum absolute atomic E-state index is 13.0. The Balaban J connectivity index is 2.04. The van der Waals surface area contributed by atoms with Crippen molar-refractivity contribution >= 4 is 23.7 Å². The number of nitrogens with two attached hydrogens (primary N) is 1. The number of aromatic hydroxyl groups is 1. The fourth-order valence-electron chi connectivity index (χ4n) is 3.51. The number of aliphatic carboxylic acids is 1. The van der Waals surface area contributed by atoms with Gasteiger partial charge in [-0.25, -0.2) is 14.9 Å². The molecule has 0 bridgehead atoms. The van der Waals surface area contributed by atoms with Crippen molar-refractivity contribution in [1.29, 1.82) is 5.41 Å². The van der Waals surface area contributed by atoms with Gasteiger partial charge in [0.25, 0.3) is 5.96 Å². The Morgan fingerprint density at radius 1 is 1.03 bits per heavy atom. The van der Waals surface area contributed by atoms with Crippen molar-refractivity contribution in [2.45, 2.75) is 44.2 Å². The first-order chi connectivity index (χ1) is 17.6. The van der Waals surface area contributed by atoms with Gasteiger partial charge >= 0.3 is 5.97 Å². The molecule has 0 unspecified atom stereocenters. The van der Waals surface area contributed by atoms with E-state index >= 15 is 0 Å². The van der Waals surface area contributed by atoms with Crippen LogP contribution in [0.1, 0.15) is 30.4 Å². The lowest BCUT2D eigenvalue weighted by Crippen LogP contribution is -2.52. The van der Waals surface area contributed by atoms with Gasteiger partial charge in [0, 0.05) is 12.8 Å². The van der Waals surface area contributed by atoms with E-state index in [9.17, 15) is 34.7 Å². The molecule has 2 aromatic rings. The number of benzene rings is 2. The first-order valence-corrected chi connectivity index (χ1v) is 11.5. The molecule has 198 valence electrons. The fourth-order valence-corrected chi connectivity index (χ4v) is 3.51. The summed E-state index contributed by atoms with van der Waals surface area (Å²) in [6.07, 6.45) is 0.342. The van der Waals surface area contributed by atoms with Gasteiger partial charge < -0.3 is 26.6 Å². The number of carbonyl (C=O) groups is 3. The van der Waals surface area contributed by atoms with Gasteiger partial charge in [0.2, 0.25) is 11.8 Å². The predicted molar refractivity (Wildman–Crippen MR) is 133 cm³/mol. The van der Waals surface area contributed by atoms with Gasteiger partial charge in [-0.1, -0.05) is 47.5 Å². The minimum Gasteiger partial charge on any atom is -0.508 e. The highest BCUT2D eigenvalue weighted by atomic mass is 16.7. The van der Waals surface area contributed by atoms with Crippen molar-refractivity contribution in [2.24, 2.45) is 5.73 Å². The van der Waals surface area contributed by atoms with E-state index in [1.54, 1.807) is 42.5 Å². The molecule has 0 saturated heterocycles. The van der Waals surface area contributed by atoms with Crippen molar-refractivity contribution in [3.05, 3.63) is 75.8 Å². The second-order valence-electron chi connectivity index (χ2n) is 8.26. The van der Waals surface area contributed by atoms with E-state index in [2.05, 4.69) is 10.6 Å². The molecule has 0 heterocycles. The minimum atomic E-state index is -1.37. The highest BCUT2D eigenvalue weighted by molar-refractivity contribution is 5.90. The Morgan fingerprint density at radius 3 is 2.24 bits per heavy atom. The normalized spacial score (nSPS) is 12.1. The Labute approximate surface area is 212 Å². The van der Waals surface area contributed by atoms with Gasteiger partial charge in [-0.15, -0.1) is 0 Å². The Kier molecular flexibility index (Phi) is 10.8. The zero-order valence-corrected chi connectivity index (χ0v) is 20.0. The molecule has 0 fully saturated rings. The van der Waals surface area contributed by atoms with Crippen molar-refractivity contribution in [3.8, 4) is 5.75 Å². The Morgan fingerprint density at radius 2 is 1.68 bits per heavy atom. The van der Waals surface area contributed by atoms with Gasteiger partial charge in [0.1, 0.15) is 17.8 Å². The summed E-state index contributed by atoms with van der Waals surface area (Å²) in [6, 6.07) is 12.8. The van der Waals surface area contributed by atoms with E-state index in [0.717, 1.165) is 11.1 Å². The molecule has 2 rings (SSSR count). The topological polar surface area (TPSA) is 212 Å². The zero-order chi connectivity index (χ0) is 27.4.